The third-order valence-electron chi connectivity index (χ3n) is 1.52. The molecule has 1 aliphatic rings. The largest absolute Gasteiger partial charge is 0.324 e. The van der Waals surface area contributed by atoms with E-state index in [1.807, 2.05) is 0 Å². The Bertz CT molecular complexity index is 244. The maximum atomic E-state index is 5.43. The van der Waals surface area contributed by atoms with Gasteiger partial charge in [0.2, 0.25) is 0 Å². The summed E-state index contributed by atoms with van der Waals surface area (Å²) in [4.78, 5) is 0. The van der Waals surface area contributed by atoms with E-state index in [0.29, 0.717) is 6.54 Å². The molecule has 0 radical (unpaired) electrons. The van der Waals surface area contributed by atoms with E-state index in [1.165, 1.54) is 0 Å². The zero-order chi connectivity index (χ0) is 6.97. The number of nitrogens with zero attached hydrogens (tertiary/aromatic N) is 3. The van der Waals surface area contributed by atoms with Crippen molar-refractivity contribution in [2.24, 2.45) is 5.73 Å². The molecule has 0 atom stereocenters. The molecular formula is C5H8N4S. The highest BCUT2D eigenvalue weighted by atomic mass is 32.2. The van der Waals surface area contributed by atoms with Gasteiger partial charge in [0.25, 0.3) is 0 Å². The third kappa shape index (κ3) is 0.741. The molecule has 1 aromatic rings. The van der Waals surface area contributed by atoms with Crippen LogP contribution in [0.4, 0.5) is 0 Å². The molecule has 0 spiro atoms. The van der Waals surface area contributed by atoms with Crippen LogP contribution in [-0.2, 0) is 13.1 Å². The van der Waals surface area contributed by atoms with Gasteiger partial charge >= 0.3 is 0 Å². The predicted octanol–water partition coefficient (Wildman–Crippen LogP) is -0.158. The van der Waals surface area contributed by atoms with Crippen LogP contribution in [-0.4, -0.2) is 20.5 Å². The first-order valence-electron chi connectivity index (χ1n) is 3.17. The summed E-state index contributed by atoms with van der Waals surface area (Å²) >= 11 is 1.74. The minimum Gasteiger partial charge on any atom is -0.324 e. The summed E-state index contributed by atoms with van der Waals surface area (Å²) in [5, 5.41) is 8.90. The van der Waals surface area contributed by atoms with Gasteiger partial charge in [-0.2, -0.15) is 0 Å². The van der Waals surface area contributed by atoms with Crippen LogP contribution in [0.15, 0.2) is 5.16 Å². The minimum absolute atomic E-state index is 0.494. The molecule has 0 bridgehead atoms. The van der Waals surface area contributed by atoms with Crippen molar-refractivity contribution in [3.05, 3.63) is 5.82 Å². The SMILES string of the molecule is NCc1nnc2n1CCS2. The van der Waals surface area contributed by atoms with E-state index >= 15 is 0 Å². The lowest BCUT2D eigenvalue weighted by molar-refractivity contribution is 0.673. The topological polar surface area (TPSA) is 56.7 Å². The predicted molar refractivity (Wildman–Crippen MR) is 38.6 cm³/mol. The Kier molecular flexibility index (Phi) is 1.39. The van der Waals surface area contributed by atoms with Crippen molar-refractivity contribution in [3.63, 3.8) is 0 Å². The van der Waals surface area contributed by atoms with Gasteiger partial charge in [0.05, 0.1) is 6.54 Å². The monoisotopic (exact) mass is 156 g/mol. The van der Waals surface area contributed by atoms with E-state index in [9.17, 15) is 0 Å². The first kappa shape index (κ1) is 6.18. The molecule has 5 heteroatoms. The molecule has 0 saturated heterocycles. The van der Waals surface area contributed by atoms with Gasteiger partial charge in [0, 0.05) is 12.3 Å². The van der Waals surface area contributed by atoms with Gasteiger partial charge in [-0.1, -0.05) is 11.8 Å². The summed E-state index contributed by atoms with van der Waals surface area (Å²) in [6, 6.07) is 0. The second-order valence-corrected chi connectivity index (χ2v) is 3.17. The highest BCUT2D eigenvalue weighted by molar-refractivity contribution is 7.99. The van der Waals surface area contributed by atoms with Crippen LogP contribution >= 0.6 is 11.8 Å². The van der Waals surface area contributed by atoms with Gasteiger partial charge in [-0.3, -0.25) is 0 Å². The minimum atomic E-state index is 0.494. The average molecular weight is 156 g/mol. The summed E-state index contributed by atoms with van der Waals surface area (Å²) in [5.41, 5.74) is 5.43. The summed E-state index contributed by atoms with van der Waals surface area (Å²) < 4.78 is 2.07. The molecule has 0 saturated carbocycles. The third-order valence-corrected chi connectivity index (χ3v) is 2.47. The van der Waals surface area contributed by atoms with Crippen LogP contribution in [0.2, 0.25) is 0 Å². The van der Waals surface area contributed by atoms with Crippen LogP contribution in [0.3, 0.4) is 0 Å². The Labute approximate surface area is 62.8 Å². The lowest BCUT2D eigenvalue weighted by atomic mass is 10.6. The van der Waals surface area contributed by atoms with Crippen molar-refractivity contribution in [1.82, 2.24) is 14.8 Å². The number of fused-ring (bicyclic) bond motifs is 1. The highest BCUT2D eigenvalue weighted by Crippen LogP contribution is 2.23. The van der Waals surface area contributed by atoms with Crippen molar-refractivity contribution in [2.45, 2.75) is 18.2 Å². The van der Waals surface area contributed by atoms with E-state index in [0.717, 1.165) is 23.3 Å². The first-order chi connectivity index (χ1) is 4.92. The molecule has 0 amide bonds. The number of hydrogen-bond donors (Lipinski definition) is 1. The van der Waals surface area contributed by atoms with Crippen molar-refractivity contribution in [2.75, 3.05) is 5.75 Å². The molecule has 0 unspecified atom stereocenters. The molecular weight excluding hydrogens is 148 g/mol. The summed E-state index contributed by atoms with van der Waals surface area (Å²) in [6.07, 6.45) is 0. The fourth-order valence-electron chi connectivity index (χ4n) is 1.03. The van der Waals surface area contributed by atoms with Crippen molar-refractivity contribution in [1.29, 1.82) is 0 Å². The summed E-state index contributed by atoms with van der Waals surface area (Å²) in [7, 11) is 0. The Hall–Kier alpha value is -0.550. The van der Waals surface area contributed by atoms with Gasteiger partial charge in [0.1, 0.15) is 5.82 Å². The molecule has 10 heavy (non-hydrogen) atoms. The molecule has 2 rings (SSSR count). The van der Waals surface area contributed by atoms with Crippen LogP contribution in [0.5, 0.6) is 0 Å². The van der Waals surface area contributed by atoms with Crippen LogP contribution in [0.1, 0.15) is 5.82 Å². The van der Waals surface area contributed by atoms with Crippen LogP contribution < -0.4 is 5.73 Å². The van der Waals surface area contributed by atoms with E-state index in [-0.39, 0.29) is 0 Å². The summed E-state index contributed by atoms with van der Waals surface area (Å²) in [6.45, 7) is 1.51. The molecule has 0 aliphatic carbocycles. The molecule has 0 aromatic carbocycles. The van der Waals surface area contributed by atoms with Crippen LogP contribution in [0.25, 0.3) is 0 Å². The zero-order valence-electron chi connectivity index (χ0n) is 5.45. The normalized spacial score (nSPS) is 15.7. The number of nitrogens with two attached hydrogens (primary N) is 1. The maximum Gasteiger partial charge on any atom is 0.191 e. The van der Waals surface area contributed by atoms with E-state index in [2.05, 4.69) is 14.8 Å². The molecule has 2 heterocycles. The first-order valence-corrected chi connectivity index (χ1v) is 4.15. The molecule has 1 aromatic heterocycles. The number of hydrogen-bond acceptors (Lipinski definition) is 4. The lowest BCUT2D eigenvalue weighted by Gasteiger charge is -1.95. The molecule has 0 fully saturated rings. The Morgan fingerprint density at radius 2 is 2.50 bits per heavy atom. The van der Waals surface area contributed by atoms with Gasteiger partial charge in [-0.15, -0.1) is 10.2 Å². The Morgan fingerprint density at radius 1 is 1.60 bits per heavy atom. The smallest absolute Gasteiger partial charge is 0.191 e. The molecule has 4 nitrogen and oxygen atoms in total. The summed E-state index contributed by atoms with van der Waals surface area (Å²) in [5.74, 6) is 2.01. The maximum absolute atomic E-state index is 5.43. The number of aromatic nitrogens is 3. The molecule has 1 aliphatic heterocycles. The van der Waals surface area contributed by atoms with E-state index < -0.39 is 0 Å². The fraction of sp³-hybridized carbons (Fsp3) is 0.600. The van der Waals surface area contributed by atoms with Crippen molar-refractivity contribution >= 4 is 11.8 Å². The van der Waals surface area contributed by atoms with Gasteiger partial charge < -0.3 is 10.3 Å². The zero-order valence-corrected chi connectivity index (χ0v) is 6.27. The number of thioether (sulfide) groups is 1. The van der Waals surface area contributed by atoms with E-state index in [1.54, 1.807) is 11.8 Å². The van der Waals surface area contributed by atoms with E-state index in [4.69, 9.17) is 5.73 Å². The lowest BCUT2D eigenvalue weighted by Crippen LogP contribution is -2.06. The average Bonchev–Trinajstić information content (AvgIpc) is 2.44. The molecule has 2 N–H and O–H groups in total. The highest BCUT2D eigenvalue weighted by Gasteiger charge is 2.16. The number of rotatable bonds is 1. The Morgan fingerprint density at radius 3 is 3.30 bits per heavy atom. The van der Waals surface area contributed by atoms with Gasteiger partial charge in [0.15, 0.2) is 5.16 Å². The quantitative estimate of drug-likeness (QED) is 0.614. The van der Waals surface area contributed by atoms with Gasteiger partial charge in [-0.05, 0) is 0 Å². The second kappa shape index (κ2) is 2.25. The second-order valence-electron chi connectivity index (χ2n) is 2.10. The Balaban J connectivity index is 2.44. The van der Waals surface area contributed by atoms with Gasteiger partial charge in [-0.25, -0.2) is 0 Å². The van der Waals surface area contributed by atoms with Crippen LogP contribution in [0, 0.1) is 0 Å². The molecule has 54 valence electrons. The van der Waals surface area contributed by atoms with Crippen molar-refractivity contribution < 1.29 is 0 Å². The standard InChI is InChI=1S/C5H8N4S/c6-3-4-7-8-5-9(4)1-2-10-5/h1-3,6H2. The fourth-order valence-corrected chi connectivity index (χ4v) is 1.94. The van der Waals surface area contributed by atoms with Crippen molar-refractivity contribution in [3.8, 4) is 0 Å².